The molecule has 0 aromatic heterocycles. The van der Waals surface area contributed by atoms with Gasteiger partial charge in [0, 0.05) is 23.2 Å². The molecular weight excluding hydrogens is 392 g/mol. The molecule has 1 aliphatic carbocycles. The van der Waals surface area contributed by atoms with Crippen LogP contribution in [0.5, 0.6) is 0 Å². The molecule has 1 heterocycles. The van der Waals surface area contributed by atoms with Gasteiger partial charge in [0.25, 0.3) is 5.91 Å². The Balaban J connectivity index is 1.39. The number of anilines is 1. The second-order valence-corrected chi connectivity index (χ2v) is 9.25. The first-order valence-electron chi connectivity index (χ1n) is 11.1. The summed E-state index contributed by atoms with van der Waals surface area (Å²) in [5.41, 5.74) is 2.90. The Morgan fingerprint density at radius 2 is 1.63 bits per heavy atom. The van der Waals surface area contributed by atoms with E-state index in [0.717, 1.165) is 29.8 Å². The number of thioether (sulfide) groups is 1. The molecule has 0 spiro atoms. The molecule has 2 aromatic rings. The van der Waals surface area contributed by atoms with Crippen LogP contribution in [0.4, 0.5) is 5.69 Å². The Morgan fingerprint density at radius 1 is 0.933 bits per heavy atom. The Kier molecular flexibility index (Phi) is 7.11. The molecule has 0 atom stereocenters. The summed E-state index contributed by atoms with van der Waals surface area (Å²) in [6, 6.07) is 16.0. The van der Waals surface area contributed by atoms with Crippen LogP contribution in [0.3, 0.4) is 0 Å². The number of para-hydroxylation sites is 1. The second-order valence-electron chi connectivity index (χ2n) is 8.23. The minimum absolute atomic E-state index is 0.0171. The molecular formula is C25H30N2O2S. The number of amides is 2. The van der Waals surface area contributed by atoms with Crippen molar-refractivity contribution in [2.45, 2.75) is 62.3 Å². The van der Waals surface area contributed by atoms with E-state index in [-0.39, 0.29) is 11.8 Å². The molecule has 2 amide bonds. The summed E-state index contributed by atoms with van der Waals surface area (Å²) < 4.78 is 0. The van der Waals surface area contributed by atoms with Crippen LogP contribution in [0.15, 0.2) is 53.4 Å². The van der Waals surface area contributed by atoms with Gasteiger partial charge in [-0.2, -0.15) is 0 Å². The fourth-order valence-electron chi connectivity index (χ4n) is 4.48. The molecule has 2 aromatic carbocycles. The minimum Gasteiger partial charge on any atom is -0.353 e. The third-order valence-electron chi connectivity index (χ3n) is 6.08. The van der Waals surface area contributed by atoms with Crippen molar-refractivity contribution in [2.24, 2.45) is 0 Å². The van der Waals surface area contributed by atoms with E-state index in [2.05, 4.69) is 11.4 Å². The summed E-state index contributed by atoms with van der Waals surface area (Å²) in [5.74, 6) is 0.431. The van der Waals surface area contributed by atoms with Gasteiger partial charge in [-0.05, 0) is 43.0 Å². The highest BCUT2D eigenvalue weighted by Gasteiger charge is 2.26. The zero-order valence-corrected chi connectivity index (χ0v) is 18.3. The fourth-order valence-corrected chi connectivity index (χ4v) is 5.33. The Labute approximate surface area is 183 Å². The summed E-state index contributed by atoms with van der Waals surface area (Å²) >= 11 is 1.46. The topological polar surface area (TPSA) is 49.4 Å². The highest BCUT2D eigenvalue weighted by Crippen LogP contribution is 2.31. The number of rotatable bonds is 5. The average molecular weight is 423 g/mol. The summed E-state index contributed by atoms with van der Waals surface area (Å²) in [6.07, 6.45) is 9.33. The number of nitrogens with one attached hydrogen (secondary N) is 1. The lowest BCUT2D eigenvalue weighted by atomic mass is 9.97. The normalized spacial score (nSPS) is 17.1. The maximum absolute atomic E-state index is 13.3. The van der Waals surface area contributed by atoms with Gasteiger partial charge in [0.1, 0.15) is 0 Å². The van der Waals surface area contributed by atoms with E-state index >= 15 is 0 Å². The molecule has 1 fully saturated rings. The maximum Gasteiger partial charge on any atom is 0.259 e. The Hall–Kier alpha value is -2.27. The third-order valence-corrected chi connectivity index (χ3v) is 7.15. The number of carbonyl (C=O) groups is 2. The predicted molar refractivity (Wildman–Crippen MR) is 123 cm³/mol. The maximum atomic E-state index is 13.3. The van der Waals surface area contributed by atoms with Crippen molar-refractivity contribution in [3.8, 4) is 0 Å². The van der Waals surface area contributed by atoms with Crippen LogP contribution in [-0.2, 0) is 11.2 Å². The van der Waals surface area contributed by atoms with Crippen molar-refractivity contribution in [1.82, 2.24) is 5.32 Å². The summed E-state index contributed by atoms with van der Waals surface area (Å²) in [4.78, 5) is 28.6. The van der Waals surface area contributed by atoms with Crippen molar-refractivity contribution in [1.29, 1.82) is 0 Å². The van der Waals surface area contributed by atoms with Crippen LogP contribution >= 0.6 is 11.8 Å². The largest absolute Gasteiger partial charge is 0.353 e. The molecule has 30 heavy (non-hydrogen) atoms. The first kappa shape index (κ1) is 21.0. The molecule has 0 unspecified atom stereocenters. The van der Waals surface area contributed by atoms with Gasteiger partial charge in [0.15, 0.2) is 0 Å². The van der Waals surface area contributed by atoms with Gasteiger partial charge in [-0.1, -0.05) is 62.4 Å². The summed E-state index contributed by atoms with van der Waals surface area (Å²) in [6.45, 7) is 0.708. The molecule has 0 bridgehead atoms. The van der Waals surface area contributed by atoms with E-state index in [1.54, 1.807) is 0 Å². The number of fused-ring (bicyclic) bond motifs is 1. The summed E-state index contributed by atoms with van der Waals surface area (Å²) in [7, 11) is 0. The number of nitrogens with zero attached hydrogens (tertiary/aromatic N) is 1. The van der Waals surface area contributed by atoms with Crippen molar-refractivity contribution in [3.05, 3.63) is 59.7 Å². The minimum atomic E-state index is 0.0171. The molecule has 1 aliphatic heterocycles. The molecule has 0 radical (unpaired) electrons. The van der Waals surface area contributed by atoms with Gasteiger partial charge in [-0.25, -0.2) is 0 Å². The zero-order valence-electron chi connectivity index (χ0n) is 17.4. The fraction of sp³-hybridized carbons (Fsp3) is 0.440. The van der Waals surface area contributed by atoms with Gasteiger partial charge in [-0.15, -0.1) is 11.8 Å². The van der Waals surface area contributed by atoms with Crippen molar-refractivity contribution in [3.63, 3.8) is 0 Å². The van der Waals surface area contributed by atoms with Gasteiger partial charge >= 0.3 is 0 Å². The molecule has 158 valence electrons. The van der Waals surface area contributed by atoms with Gasteiger partial charge in [0.2, 0.25) is 5.91 Å². The van der Waals surface area contributed by atoms with Crippen molar-refractivity contribution in [2.75, 3.05) is 17.2 Å². The van der Waals surface area contributed by atoms with E-state index < -0.39 is 0 Å². The monoisotopic (exact) mass is 422 g/mol. The number of benzene rings is 2. The van der Waals surface area contributed by atoms with E-state index in [9.17, 15) is 9.59 Å². The predicted octanol–water partition coefficient (Wildman–Crippen LogP) is 5.21. The van der Waals surface area contributed by atoms with Crippen LogP contribution in [0.1, 0.15) is 60.9 Å². The molecule has 1 saturated carbocycles. The lowest BCUT2D eigenvalue weighted by Crippen LogP contribution is -2.36. The smallest absolute Gasteiger partial charge is 0.259 e. The van der Waals surface area contributed by atoms with Gasteiger partial charge < -0.3 is 10.2 Å². The van der Waals surface area contributed by atoms with Crippen molar-refractivity contribution < 1.29 is 9.59 Å². The van der Waals surface area contributed by atoms with E-state index in [1.165, 1.54) is 49.4 Å². The first-order valence-corrected chi connectivity index (χ1v) is 12.1. The lowest BCUT2D eigenvalue weighted by molar-refractivity contribution is -0.119. The Bertz CT molecular complexity index is 890. The standard InChI is InChI=1S/C25H30N2O2S/c28-24(26-20-11-4-2-1-3-5-12-20)18-30-23-15-9-7-13-21(23)25(29)27-17-16-19-10-6-8-14-22(19)27/h6-10,13-15,20H,1-5,11-12,16-18H2,(H,26,28). The van der Waals surface area contributed by atoms with E-state index in [4.69, 9.17) is 0 Å². The van der Waals surface area contributed by atoms with Gasteiger partial charge in [0.05, 0.1) is 11.3 Å². The van der Waals surface area contributed by atoms with Crippen molar-refractivity contribution >= 4 is 29.3 Å². The zero-order chi connectivity index (χ0) is 20.8. The second kappa shape index (κ2) is 10.2. The highest BCUT2D eigenvalue weighted by atomic mass is 32.2. The van der Waals surface area contributed by atoms with E-state index in [1.807, 2.05) is 47.4 Å². The number of carbonyl (C=O) groups excluding carboxylic acids is 2. The molecule has 4 nitrogen and oxygen atoms in total. The highest BCUT2D eigenvalue weighted by molar-refractivity contribution is 8.00. The quantitative estimate of drug-likeness (QED) is 0.673. The molecule has 4 rings (SSSR count). The molecule has 2 aliphatic rings. The molecule has 0 saturated heterocycles. The molecule has 5 heteroatoms. The van der Waals surface area contributed by atoms with Crippen LogP contribution in [-0.4, -0.2) is 30.2 Å². The number of hydrogen-bond acceptors (Lipinski definition) is 3. The molecule has 1 N–H and O–H groups in total. The van der Waals surface area contributed by atoms with E-state index in [0.29, 0.717) is 23.9 Å². The summed E-state index contributed by atoms with van der Waals surface area (Å²) in [5, 5.41) is 3.22. The SMILES string of the molecule is O=C(CSc1ccccc1C(=O)N1CCc2ccccc21)NC1CCCCCCC1. The third kappa shape index (κ3) is 5.07. The van der Waals surface area contributed by atoms with Crippen LogP contribution in [0.2, 0.25) is 0 Å². The van der Waals surface area contributed by atoms with Crippen LogP contribution in [0.25, 0.3) is 0 Å². The number of hydrogen-bond donors (Lipinski definition) is 1. The Morgan fingerprint density at radius 3 is 2.47 bits per heavy atom. The lowest BCUT2D eigenvalue weighted by Gasteiger charge is -2.21. The first-order chi connectivity index (χ1) is 14.7. The van der Waals surface area contributed by atoms with Crippen LogP contribution in [0, 0.1) is 0 Å². The van der Waals surface area contributed by atoms with Gasteiger partial charge in [-0.3, -0.25) is 9.59 Å². The van der Waals surface area contributed by atoms with Crippen LogP contribution < -0.4 is 10.2 Å². The average Bonchev–Trinajstić information content (AvgIpc) is 3.18.